The molecule has 0 saturated carbocycles. The van der Waals surface area contributed by atoms with Crippen LogP contribution in [0.25, 0.3) is 10.8 Å². The van der Waals surface area contributed by atoms with Crippen molar-refractivity contribution in [2.24, 2.45) is 16.5 Å². The van der Waals surface area contributed by atoms with E-state index in [-0.39, 0.29) is 19.0 Å². The van der Waals surface area contributed by atoms with Crippen molar-refractivity contribution in [3.63, 3.8) is 0 Å². The SMILES string of the molecule is NC(N)=NCCCC(NC(=O)COc1ccc2ccccc2c1)C(=O)O. The van der Waals surface area contributed by atoms with E-state index in [1.165, 1.54) is 0 Å². The molecule has 1 amide bonds. The Hall–Kier alpha value is -3.29. The van der Waals surface area contributed by atoms with Crippen LogP contribution in [0.3, 0.4) is 0 Å². The van der Waals surface area contributed by atoms with Crippen LogP contribution in [0, 0.1) is 0 Å². The number of carbonyl (C=O) groups excluding carboxylic acids is 1. The van der Waals surface area contributed by atoms with Gasteiger partial charge in [0.15, 0.2) is 12.6 Å². The number of carbonyl (C=O) groups is 2. The van der Waals surface area contributed by atoms with Gasteiger partial charge in [-0.05, 0) is 35.7 Å². The molecule has 8 heteroatoms. The van der Waals surface area contributed by atoms with Crippen LogP contribution in [0.4, 0.5) is 0 Å². The molecule has 0 aromatic heterocycles. The number of amides is 1. The number of aliphatic carboxylic acids is 1. The summed E-state index contributed by atoms with van der Waals surface area (Å²) in [5.74, 6) is -1.13. The van der Waals surface area contributed by atoms with Gasteiger partial charge in [-0.3, -0.25) is 9.79 Å². The molecule has 1 atom stereocenters. The van der Waals surface area contributed by atoms with Gasteiger partial charge in [0.05, 0.1) is 0 Å². The van der Waals surface area contributed by atoms with E-state index in [2.05, 4.69) is 10.3 Å². The number of fused-ring (bicyclic) bond motifs is 1. The molecule has 138 valence electrons. The van der Waals surface area contributed by atoms with Crippen LogP contribution in [0.2, 0.25) is 0 Å². The Balaban J connectivity index is 1.84. The maximum absolute atomic E-state index is 12.0. The summed E-state index contributed by atoms with van der Waals surface area (Å²) < 4.78 is 5.45. The molecule has 0 saturated heterocycles. The summed E-state index contributed by atoms with van der Waals surface area (Å²) in [6.45, 7) is 0.0333. The molecule has 8 nitrogen and oxygen atoms in total. The van der Waals surface area contributed by atoms with E-state index in [1.807, 2.05) is 36.4 Å². The first-order chi connectivity index (χ1) is 12.5. The lowest BCUT2D eigenvalue weighted by molar-refractivity contribution is -0.142. The van der Waals surface area contributed by atoms with Crippen molar-refractivity contribution in [3.05, 3.63) is 42.5 Å². The molecule has 0 aliphatic carbocycles. The third kappa shape index (κ3) is 5.97. The van der Waals surface area contributed by atoms with Crippen LogP contribution >= 0.6 is 0 Å². The van der Waals surface area contributed by atoms with Crippen molar-refractivity contribution >= 4 is 28.6 Å². The summed E-state index contributed by atoms with van der Waals surface area (Å²) in [7, 11) is 0. The van der Waals surface area contributed by atoms with E-state index in [0.29, 0.717) is 18.7 Å². The van der Waals surface area contributed by atoms with E-state index in [9.17, 15) is 14.7 Å². The summed E-state index contributed by atoms with van der Waals surface area (Å²) in [5, 5.41) is 13.7. The first-order valence-electron chi connectivity index (χ1n) is 8.15. The van der Waals surface area contributed by atoms with Gasteiger partial charge in [-0.2, -0.15) is 0 Å². The Morgan fingerprint density at radius 3 is 2.58 bits per heavy atom. The van der Waals surface area contributed by atoms with Crippen molar-refractivity contribution < 1.29 is 19.4 Å². The van der Waals surface area contributed by atoms with Crippen LogP contribution in [-0.4, -0.2) is 42.1 Å². The van der Waals surface area contributed by atoms with Crippen LogP contribution in [-0.2, 0) is 9.59 Å². The number of nitrogens with zero attached hydrogens (tertiary/aromatic N) is 1. The Morgan fingerprint density at radius 1 is 1.15 bits per heavy atom. The van der Waals surface area contributed by atoms with Gasteiger partial charge in [0.1, 0.15) is 11.8 Å². The summed E-state index contributed by atoms with van der Waals surface area (Å²) in [6, 6.07) is 12.2. The zero-order chi connectivity index (χ0) is 18.9. The van der Waals surface area contributed by atoms with E-state index < -0.39 is 17.9 Å². The smallest absolute Gasteiger partial charge is 0.326 e. The topological polar surface area (TPSA) is 140 Å². The number of nitrogens with two attached hydrogens (primary N) is 2. The number of rotatable bonds is 9. The second-order valence-electron chi connectivity index (χ2n) is 5.70. The number of benzene rings is 2. The van der Waals surface area contributed by atoms with Gasteiger partial charge >= 0.3 is 5.97 Å². The van der Waals surface area contributed by atoms with E-state index in [4.69, 9.17) is 16.2 Å². The lowest BCUT2D eigenvalue weighted by Crippen LogP contribution is -2.43. The minimum absolute atomic E-state index is 0.0512. The zero-order valence-electron chi connectivity index (χ0n) is 14.2. The predicted octanol–water partition coefficient (Wildman–Crippen LogP) is 0.842. The van der Waals surface area contributed by atoms with Gasteiger partial charge < -0.3 is 26.6 Å². The van der Waals surface area contributed by atoms with Crippen LogP contribution in [0.1, 0.15) is 12.8 Å². The molecule has 0 aliphatic rings. The second kappa shape index (κ2) is 9.26. The average molecular weight is 358 g/mol. The first kappa shape index (κ1) is 19.0. The summed E-state index contributed by atoms with van der Waals surface area (Å²) in [4.78, 5) is 27.0. The third-order valence-electron chi connectivity index (χ3n) is 3.67. The minimum atomic E-state index is -1.12. The lowest BCUT2D eigenvalue weighted by atomic mass is 10.1. The number of hydrogen-bond acceptors (Lipinski definition) is 4. The molecular weight excluding hydrogens is 336 g/mol. The molecule has 26 heavy (non-hydrogen) atoms. The minimum Gasteiger partial charge on any atom is -0.484 e. The van der Waals surface area contributed by atoms with Crippen molar-refractivity contribution in [2.45, 2.75) is 18.9 Å². The summed E-state index contributed by atoms with van der Waals surface area (Å²) in [5.41, 5.74) is 10.4. The van der Waals surface area contributed by atoms with Crippen molar-refractivity contribution in [1.29, 1.82) is 0 Å². The van der Waals surface area contributed by atoms with Crippen molar-refractivity contribution in [3.8, 4) is 5.75 Å². The number of nitrogens with one attached hydrogen (secondary N) is 1. The van der Waals surface area contributed by atoms with E-state index >= 15 is 0 Å². The monoisotopic (exact) mass is 358 g/mol. The quantitative estimate of drug-likeness (QED) is 0.297. The summed E-state index contributed by atoms with van der Waals surface area (Å²) >= 11 is 0. The second-order valence-corrected chi connectivity index (χ2v) is 5.70. The van der Waals surface area contributed by atoms with Gasteiger partial charge in [-0.15, -0.1) is 0 Å². The van der Waals surface area contributed by atoms with Crippen LogP contribution in [0.15, 0.2) is 47.5 Å². The highest BCUT2D eigenvalue weighted by Gasteiger charge is 2.19. The molecule has 0 fully saturated rings. The third-order valence-corrected chi connectivity index (χ3v) is 3.67. The Labute approximate surface area is 150 Å². The Kier molecular flexibility index (Phi) is 6.78. The molecule has 0 heterocycles. The molecule has 6 N–H and O–H groups in total. The number of guanidine groups is 1. The van der Waals surface area contributed by atoms with Crippen LogP contribution in [0.5, 0.6) is 5.75 Å². The van der Waals surface area contributed by atoms with Gasteiger partial charge in [-0.1, -0.05) is 30.3 Å². The first-order valence-corrected chi connectivity index (χ1v) is 8.15. The molecule has 0 aliphatic heterocycles. The number of carboxylic acids is 1. The molecule has 0 bridgehead atoms. The van der Waals surface area contributed by atoms with Crippen molar-refractivity contribution in [2.75, 3.05) is 13.2 Å². The van der Waals surface area contributed by atoms with Gasteiger partial charge in [0, 0.05) is 6.54 Å². The molecule has 0 radical (unpaired) electrons. The van der Waals surface area contributed by atoms with Gasteiger partial charge in [0.2, 0.25) is 0 Å². The fraction of sp³-hybridized carbons (Fsp3) is 0.278. The zero-order valence-corrected chi connectivity index (χ0v) is 14.2. The number of carboxylic acid groups (broad SMARTS) is 1. The van der Waals surface area contributed by atoms with E-state index in [1.54, 1.807) is 6.07 Å². The van der Waals surface area contributed by atoms with Crippen molar-refractivity contribution in [1.82, 2.24) is 5.32 Å². The maximum Gasteiger partial charge on any atom is 0.326 e. The highest BCUT2D eigenvalue weighted by Crippen LogP contribution is 2.20. The lowest BCUT2D eigenvalue weighted by Gasteiger charge is -2.14. The van der Waals surface area contributed by atoms with Gasteiger partial charge in [-0.25, -0.2) is 4.79 Å². The normalized spacial score (nSPS) is 11.5. The highest BCUT2D eigenvalue weighted by atomic mass is 16.5. The Bertz CT molecular complexity index is 803. The fourth-order valence-electron chi connectivity index (χ4n) is 2.40. The summed E-state index contributed by atoms with van der Waals surface area (Å²) in [6.07, 6.45) is 0.647. The standard InChI is InChI=1S/C18H22N4O4/c19-18(20)21-9-3-6-15(17(24)25)22-16(23)11-26-14-8-7-12-4-1-2-5-13(12)10-14/h1-2,4-5,7-8,10,15H,3,6,9,11H2,(H,22,23)(H,24,25)(H4,19,20,21). The molecule has 2 aromatic carbocycles. The maximum atomic E-state index is 12.0. The average Bonchev–Trinajstić information content (AvgIpc) is 2.62. The largest absolute Gasteiger partial charge is 0.484 e. The van der Waals surface area contributed by atoms with Crippen LogP contribution < -0.4 is 21.5 Å². The molecule has 2 rings (SSSR count). The Morgan fingerprint density at radius 2 is 1.88 bits per heavy atom. The molecule has 1 unspecified atom stereocenters. The molecular formula is C18H22N4O4. The van der Waals surface area contributed by atoms with Gasteiger partial charge in [0.25, 0.3) is 5.91 Å². The number of aliphatic imine (C=N–C) groups is 1. The van der Waals surface area contributed by atoms with E-state index in [0.717, 1.165) is 10.8 Å². The fourth-order valence-corrected chi connectivity index (χ4v) is 2.40. The highest BCUT2D eigenvalue weighted by molar-refractivity contribution is 5.85. The number of hydrogen-bond donors (Lipinski definition) is 4. The number of ether oxygens (including phenoxy) is 1. The predicted molar refractivity (Wildman–Crippen MR) is 98.9 cm³/mol. The molecule has 2 aromatic rings. The molecule has 0 spiro atoms.